The van der Waals surface area contributed by atoms with Crippen molar-refractivity contribution in [2.75, 3.05) is 0 Å². The molecule has 0 saturated heterocycles. The Bertz CT molecular complexity index is 336. The first kappa shape index (κ1) is 11.5. The molecule has 0 aromatic carbocycles. The third-order valence-electron chi connectivity index (χ3n) is 5.27. The van der Waals surface area contributed by atoms with Crippen LogP contribution in [0.15, 0.2) is 0 Å². The van der Waals surface area contributed by atoms with Crippen LogP contribution >= 0.6 is 0 Å². The standard InChI is InChI=1S/C14H23NO2/c1-11-4-12(2)6-13(5-11,3-10(16)17)9-14(15,7-11)8-12/h3-9,15H2,1-2H3,(H,16,17). The van der Waals surface area contributed by atoms with Crippen molar-refractivity contribution in [1.29, 1.82) is 0 Å². The van der Waals surface area contributed by atoms with Gasteiger partial charge in [0.05, 0.1) is 6.42 Å². The zero-order valence-corrected chi connectivity index (χ0v) is 10.9. The van der Waals surface area contributed by atoms with Crippen LogP contribution in [0, 0.1) is 16.2 Å². The largest absolute Gasteiger partial charge is 0.481 e. The lowest BCUT2D eigenvalue weighted by molar-refractivity contribution is -0.170. The summed E-state index contributed by atoms with van der Waals surface area (Å²) in [5, 5.41) is 9.18. The molecule has 17 heavy (non-hydrogen) atoms. The van der Waals surface area contributed by atoms with Gasteiger partial charge in [-0.3, -0.25) is 4.79 Å². The van der Waals surface area contributed by atoms with Crippen molar-refractivity contribution in [2.24, 2.45) is 22.0 Å². The van der Waals surface area contributed by atoms with Crippen molar-refractivity contribution in [3.05, 3.63) is 0 Å². The summed E-state index contributed by atoms with van der Waals surface area (Å²) >= 11 is 0. The van der Waals surface area contributed by atoms with E-state index in [9.17, 15) is 9.90 Å². The zero-order valence-electron chi connectivity index (χ0n) is 10.9. The van der Waals surface area contributed by atoms with Crippen LogP contribution in [0.5, 0.6) is 0 Å². The van der Waals surface area contributed by atoms with E-state index in [1.54, 1.807) is 0 Å². The molecule has 4 bridgehead atoms. The molecule has 4 aliphatic rings. The van der Waals surface area contributed by atoms with Crippen LogP contribution in [0.1, 0.15) is 58.8 Å². The van der Waals surface area contributed by atoms with Crippen molar-refractivity contribution < 1.29 is 9.90 Å². The second-order valence-corrected chi connectivity index (χ2v) is 8.11. The van der Waals surface area contributed by atoms with E-state index in [0.717, 1.165) is 32.1 Å². The molecule has 0 aromatic rings. The maximum atomic E-state index is 11.2. The average Bonchev–Trinajstić information content (AvgIpc) is 1.87. The first-order valence-electron chi connectivity index (χ1n) is 6.67. The minimum atomic E-state index is -0.650. The molecule has 3 heteroatoms. The number of aliphatic carboxylic acids is 1. The third kappa shape index (κ3) is 1.70. The van der Waals surface area contributed by atoms with Crippen LogP contribution < -0.4 is 5.73 Å². The Labute approximate surface area is 103 Å². The van der Waals surface area contributed by atoms with Gasteiger partial charge < -0.3 is 10.8 Å². The molecule has 4 rings (SSSR count). The van der Waals surface area contributed by atoms with Gasteiger partial charge in [0.1, 0.15) is 0 Å². The van der Waals surface area contributed by atoms with Crippen LogP contribution in [0.2, 0.25) is 0 Å². The first-order valence-corrected chi connectivity index (χ1v) is 6.67. The normalized spacial score (nSPS) is 56.2. The lowest BCUT2D eigenvalue weighted by Crippen LogP contribution is -2.66. The van der Waals surface area contributed by atoms with E-state index in [2.05, 4.69) is 13.8 Å². The van der Waals surface area contributed by atoms with Gasteiger partial charge in [0.25, 0.3) is 0 Å². The summed E-state index contributed by atoms with van der Waals surface area (Å²) in [5.41, 5.74) is 7.03. The lowest BCUT2D eigenvalue weighted by Gasteiger charge is -2.68. The number of carbonyl (C=O) groups is 1. The molecular formula is C14H23NO2. The van der Waals surface area contributed by atoms with E-state index in [4.69, 9.17) is 5.73 Å². The molecule has 3 N–H and O–H groups in total. The Morgan fingerprint density at radius 3 is 2.00 bits per heavy atom. The van der Waals surface area contributed by atoms with Gasteiger partial charge in [0, 0.05) is 5.54 Å². The molecule has 0 heterocycles. The number of carboxylic acid groups (broad SMARTS) is 1. The van der Waals surface area contributed by atoms with Gasteiger partial charge in [-0.2, -0.15) is 0 Å². The minimum absolute atomic E-state index is 0.0150. The second kappa shape index (κ2) is 2.87. The maximum Gasteiger partial charge on any atom is 0.303 e. The van der Waals surface area contributed by atoms with E-state index >= 15 is 0 Å². The van der Waals surface area contributed by atoms with E-state index in [1.165, 1.54) is 6.42 Å². The van der Waals surface area contributed by atoms with Gasteiger partial charge in [0.15, 0.2) is 0 Å². The molecule has 96 valence electrons. The predicted octanol–water partition coefficient (Wildman–Crippen LogP) is 2.54. The van der Waals surface area contributed by atoms with Crippen molar-refractivity contribution in [1.82, 2.24) is 0 Å². The fourth-order valence-corrected chi connectivity index (χ4v) is 6.55. The molecule has 4 fully saturated rings. The molecule has 0 spiro atoms. The fraction of sp³-hybridized carbons (Fsp3) is 0.929. The fourth-order valence-electron chi connectivity index (χ4n) is 6.55. The van der Waals surface area contributed by atoms with Gasteiger partial charge >= 0.3 is 5.97 Å². The van der Waals surface area contributed by atoms with Crippen LogP contribution in [-0.2, 0) is 4.79 Å². The molecule has 2 unspecified atom stereocenters. The number of rotatable bonds is 2. The summed E-state index contributed by atoms with van der Waals surface area (Å²) in [6, 6.07) is 0. The summed E-state index contributed by atoms with van der Waals surface area (Å²) in [6.07, 6.45) is 6.81. The summed E-state index contributed by atoms with van der Waals surface area (Å²) in [7, 11) is 0. The molecule has 0 aliphatic heterocycles. The highest BCUT2D eigenvalue weighted by Gasteiger charge is 2.64. The van der Waals surface area contributed by atoms with E-state index in [0.29, 0.717) is 6.42 Å². The molecule has 0 amide bonds. The molecule has 2 atom stereocenters. The minimum Gasteiger partial charge on any atom is -0.481 e. The smallest absolute Gasteiger partial charge is 0.303 e. The van der Waals surface area contributed by atoms with Crippen molar-refractivity contribution in [2.45, 2.75) is 64.3 Å². The Kier molecular flexibility index (Phi) is 1.95. The number of hydrogen-bond acceptors (Lipinski definition) is 2. The van der Waals surface area contributed by atoms with Gasteiger partial charge in [0.2, 0.25) is 0 Å². The number of nitrogens with two attached hydrogens (primary N) is 1. The van der Waals surface area contributed by atoms with E-state index < -0.39 is 5.97 Å². The maximum absolute atomic E-state index is 11.2. The molecule has 0 aromatic heterocycles. The Balaban J connectivity index is 2.01. The summed E-state index contributed by atoms with van der Waals surface area (Å²) in [4.78, 5) is 11.2. The quantitative estimate of drug-likeness (QED) is 0.775. The van der Waals surface area contributed by atoms with Crippen molar-refractivity contribution in [3.63, 3.8) is 0 Å². The van der Waals surface area contributed by atoms with Gasteiger partial charge in [-0.15, -0.1) is 0 Å². The highest BCUT2D eigenvalue weighted by Crippen LogP contribution is 2.70. The topological polar surface area (TPSA) is 63.3 Å². The summed E-state index contributed by atoms with van der Waals surface area (Å²) in [5.74, 6) is -0.650. The Hall–Kier alpha value is -0.570. The predicted molar refractivity (Wildman–Crippen MR) is 65.5 cm³/mol. The van der Waals surface area contributed by atoms with Crippen LogP contribution in [0.4, 0.5) is 0 Å². The van der Waals surface area contributed by atoms with Crippen LogP contribution in [-0.4, -0.2) is 16.6 Å². The zero-order chi connectivity index (χ0) is 12.5. The van der Waals surface area contributed by atoms with Gasteiger partial charge in [-0.1, -0.05) is 13.8 Å². The SMILES string of the molecule is CC12CC3(C)CC(N)(C1)CC(CC(=O)O)(C2)C3. The molecule has 4 saturated carbocycles. The highest BCUT2D eigenvalue weighted by molar-refractivity contribution is 5.68. The van der Waals surface area contributed by atoms with E-state index in [1.807, 2.05) is 0 Å². The summed E-state index contributed by atoms with van der Waals surface area (Å²) in [6.45, 7) is 4.64. The Morgan fingerprint density at radius 1 is 1.06 bits per heavy atom. The van der Waals surface area contributed by atoms with E-state index in [-0.39, 0.29) is 21.8 Å². The first-order chi connectivity index (χ1) is 7.66. The summed E-state index contributed by atoms with van der Waals surface area (Å²) < 4.78 is 0. The molecule has 3 nitrogen and oxygen atoms in total. The molecule has 4 aliphatic carbocycles. The Morgan fingerprint density at radius 2 is 1.59 bits per heavy atom. The third-order valence-corrected chi connectivity index (χ3v) is 5.27. The number of carboxylic acids is 1. The van der Waals surface area contributed by atoms with Gasteiger partial charge in [-0.25, -0.2) is 0 Å². The highest BCUT2D eigenvalue weighted by atomic mass is 16.4. The van der Waals surface area contributed by atoms with Gasteiger partial charge in [-0.05, 0) is 54.8 Å². The molecular weight excluding hydrogens is 214 g/mol. The lowest BCUT2D eigenvalue weighted by atomic mass is 9.38. The number of hydrogen-bond donors (Lipinski definition) is 2. The van der Waals surface area contributed by atoms with Crippen molar-refractivity contribution in [3.8, 4) is 0 Å². The monoisotopic (exact) mass is 237 g/mol. The second-order valence-electron chi connectivity index (χ2n) is 8.11. The van der Waals surface area contributed by atoms with Crippen molar-refractivity contribution >= 4 is 5.97 Å². The average molecular weight is 237 g/mol. The van der Waals surface area contributed by atoms with Crippen LogP contribution in [0.3, 0.4) is 0 Å². The molecule has 0 radical (unpaired) electrons. The van der Waals surface area contributed by atoms with Crippen LogP contribution in [0.25, 0.3) is 0 Å².